The number of fused-ring (bicyclic) bond motifs is 1. The molecule has 0 aliphatic rings. The minimum atomic E-state index is -0.0958. The van der Waals surface area contributed by atoms with E-state index in [1.165, 1.54) is 5.56 Å². The van der Waals surface area contributed by atoms with E-state index in [1.54, 1.807) is 48.7 Å². The molecule has 2 aromatic carbocycles. The predicted molar refractivity (Wildman–Crippen MR) is 135 cm³/mol. The van der Waals surface area contributed by atoms with Crippen molar-refractivity contribution in [3.8, 4) is 11.5 Å². The lowest BCUT2D eigenvalue weighted by molar-refractivity contribution is 0.0983. The number of amides is 1. The van der Waals surface area contributed by atoms with Crippen LogP contribution < -0.4 is 14.4 Å². The summed E-state index contributed by atoms with van der Waals surface area (Å²) in [5, 5.41) is 0.718. The van der Waals surface area contributed by atoms with Gasteiger partial charge in [-0.25, -0.2) is 4.98 Å². The minimum absolute atomic E-state index is 0. The fraction of sp³-hybridized carbons (Fsp3) is 0.417. The summed E-state index contributed by atoms with van der Waals surface area (Å²) >= 11 is 1.56. The number of methoxy groups -OCH3 is 2. The fourth-order valence-corrected chi connectivity index (χ4v) is 4.57. The van der Waals surface area contributed by atoms with Crippen molar-refractivity contribution in [2.24, 2.45) is 0 Å². The van der Waals surface area contributed by atoms with Crippen LogP contribution in [0.25, 0.3) is 10.2 Å². The van der Waals surface area contributed by atoms with Crippen molar-refractivity contribution in [3.63, 3.8) is 0 Å². The van der Waals surface area contributed by atoms with Crippen LogP contribution in [0.2, 0.25) is 0 Å². The summed E-state index contributed by atoms with van der Waals surface area (Å²) in [5.74, 6) is 1.04. The van der Waals surface area contributed by atoms with Crippen LogP contribution in [-0.4, -0.2) is 56.2 Å². The quantitative estimate of drug-likeness (QED) is 0.416. The van der Waals surface area contributed by atoms with Crippen LogP contribution in [0.3, 0.4) is 0 Å². The van der Waals surface area contributed by atoms with Gasteiger partial charge in [0, 0.05) is 18.7 Å². The lowest BCUT2D eigenvalue weighted by Gasteiger charge is -2.25. The molecule has 0 saturated carbocycles. The fourth-order valence-electron chi connectivity index (χ4n) is 3.52. The van der Waals surface area contributed by atoms with Crippen molar-refractivity contribution in [1.82, 2.24) is 9.88 Å². The maximum absolute atomic E-state index is 13.6. The third kappa shape index (κ3) is 5.34. The Morgan fingerprint density at radius 3 is 2.31 bits per heavy atom. The lowest BCUT2D eigenvalue weighted by Crippen LogP contribution is -2.38. The van der Waals surface area contributed by atoms with Crippen LogP contribution in [0, 0.1) is 13.8 Å². The van der Waals surface area contributed by atoms with Gasteiger partial charge in [0.15, 0.2) is 16.6 Å². The van der Waals surface area contributed by atoms with E-state index in [2.05, 4.69) is 44.7 Å². The van der Waals surface area contributed by atoms with Crippen molar-refractivity contribution < 1.29 is 14.3 Å². The Morgan fingerprint density at radius 2 is 1.69 bits per heavy atom. The van der Waals surface area contributed by atoms with Crippen molar-refractivity contribution in [2.75, 3.05) is 45.3 Å². The molecule has 0 unspecified atom stereocenters. The van der Waals surface area contributed by atoms with Gasteiger partial charge in [0.1, 0.15) is 0 Å². The first kappa shape index (κ1) is 25.9. The number of anilines is 1. The Labute approximate surface area is 200 Å². The van der Waals surface area contributed by atoms with Crippen LogP contribution in [0.4, 0.5) is 5.13 Å². The summed E-state index contributed by atoms with van der Waals surface area (Å²) in [6.07, 6.45) is 0. The number of aryl methyl sites for hydroxylation is 2. The number of carbonyl (C=O) groups is 1. The Morgan fingerprint density at radius 1 is 1.00 bits per heavy atom. The Balaban J connectivity index is 0.00000363. The number of aromatic nitrogens is 1. The zero-order chi connectivity index (χ0) is 22.5. The van der Waals surface area contributed by atoms with Gasteiger partial charge in [-0.2, -0.15) is 0 Å². The van der Waals surface area contributed by atoms with Gasteiger partial charge in [-0.1, -0.05) is 31.3 Å². The third-order valence-electron chi connectivity index (χ3n) is 5.71. The van der Waals surface area contributed by atoms with Gasteiger partial charge in [-0.15, -0.1) is 12.4 Å². The van der Waals surface area contributed by atoms with Crippen LogP contribution in [-0.2, 0) is 0 Å². The number of hydrogen-bond donors (Lipinski definition) is 0. The summed E-state index contributed by atoms with van der Waals surface area (Å²) in [6, 6.07) is 9.46. The van der Waals surface area contributed by atoms with Crippen LogP contribution >= 0.6 is 23.7 Å². The normalized spacial score (nSPS) is 10.8. The maximum Gasteiger partial charge on any atom is 0.260 e. The molecule has 0 saturated heterocycles. The lowest BCUT2D eigenvalue weighted by atomic mass is 10.1. The van der Waals surface area contributed by atoms with E-state index in [-0.39, 0.29) is 18.3 Å². The molecular weight excluding hydrogens is 446 g/mol. The highest BCUT2D eigenvalue weighted by atomic mass is 35.5. The maximum atomic E-state index is 13.6. The Kier molecular flexibility index (Phi) is 9.31. The van der Waals surface area contributed by atoms with E-state index in [0.29, 0.717) is 23.6 Å². The first-order chi connectivity index (χ1) is 14.9. The number of thiazole rings is 1. The highest BCUT2D eigenvalue weighted by molar-refractivity contribution is 7.22. The molecule has 0 bridgehead atoms. The molecule has 0 spiro atoms. The second-order valence-electron chi connectivity index (χ2n) is 7.40. The van der Waals surface area contributed by atoms with Gasteiger partial charge in [-0.3, -0.25) is 9.69 Å². The van der Waals surface area contributed by atoms with Gasteiger partial charge >= 0.3 is 0 Å². The van der Waals surface area contributed by atoms with E-state index < -0.39 is 0 Å². The number of ether oxygens (including phenoxy) is 2. The minimum Gasteiger partial charge on any atom is -0.493 e. The molecule has 1 aromatic heterocycles. The summed E-state index contributed by atoms with van der Waals surface area (Å²) in [6.45, 7) is 11.6. The second kappa shape index (κ2) is 11.5. The van der Waals surface area contributed by atoms with Crippen LogP contribution in [0.1, 0.15) is 35.3 Å². The molecule has 1 heterocycles. The SMILES string of the molecule is CCN(CC)CCN(C(=O)c1ccc(OC)c(OC)c1)c1nc2c(C)c(C)ccc2s1.Cl. The molecule has 3 aromatic rings. The van der Waals surface area contributed by atoms with Crippen molar-refractivity contribution in [1.29, 1.82) is 0 Å². The van der Waals surface area contributed by atoms with E-state index in [9.17, 15) is 4.79 Å². The Hall–Kier alpha value is -2.35. The first-order valence-corrected chi connectivity index (χ1v) is 11.4. The van der Waals surface area contributed by atoms with E-state index in [4.69, 9.17) is 14.5 Å². The van der Waals surface area contributed by atoms with Gasteiger partial charge < -0.3 is 14.4 Å². The first-order valence-electron chi connectivity index (χ1n) is 10.6. The number of nitrogens with zero attached hydrogens (tertiary/aromatic N) is 3. The molecule has 0 radical (unpaired) electrons. The molecule has 0 aliphatic carbocycles. The Bertz CT molecular complexity index is 1070. The van der Waals surface area contributed by atoms with E-state index >= 15 is 0 Å². The van der Waals surface area contributed by atoms with Gasteiger partial charge in [0.2, 0.25) is 0 Å². The standard InChI is InChI=1S/C24H31N3O3S.ClH/c1-7-26(8-2)13-14-27(23(28)18-10-11-19(29-5)20(15-18)30-6)24-25-22-17(4)16(3)9-12-21(22)31-24;/h9-12,15H,7-8,13-14H2,1-6H3;1H. The number of likely N-dealkylation sites (N-methyl/N-ethyl adjacent to an activating group) is 1. The number of hydrogen-bond acceptors (Lipinski definition) is 6. The van der Waals surface area contributed by atoms with Crippen molar-refractivity contribution in [2.45, 2.75) is 27.7 Å². The average molecular weight is 478 g/mol. The number of rotatable bonds is 9. The highest BCUT2D eigenvalue weighted by Crippen LogP contribution is 2.34. The monoisotopic (exact) mass is 477 g/mol. The zero-order valence-electron chi connectivity index (χ0n) is 19.6. The van der Waals surface area contributed by atoms with Gasteiger partial charge in [0.05, 0.1) is 24.4 Å². The molecule has 3 rings (SSSR count). The number of halogens is 1. The van der Waals surface area contributed by atoms with Crippen molar-refractivity contribution in [3.05, 3.63) is 47.0 Å². The van der Waals surface area contributed by atoms with Gasteiger partial charge in [0.25, 0.3) is 5.91 Å². The topological polar surface area (TPSA) is 54.9 Å². The van der Waals surface area contributed by atoms with Gasteiger partial charge in [-0.05, 0) is 62.3 Å². The molecular formula is C24H32ClN3O3S. The summed E-state index contributed by atoms with van der Waals surface area (Å²) in [7, 11) is 3.16. The van der Waals surface area contributed by atoms with Crippen molar-refractivity contribution >= 4 is 45.0 Å². The molecule has 0 fully saturated rings. The van der Waals surface area contributed by atoms with E-state index in [0.717, 1.165) is 40.5 Å². The summed E-state index contributed by atoms with van der Waals surface area (Å²) in [5.41, 5.74) is 3.87. The largest absolute Gasteiger partial charge is 0.493 e. The smallest absolute Gasteiger partial charge is 0.260 e. The summed E-state index contributed by atoms with van der Waals surface area (Å²) < 4.78 is 11.8. The zero-order valence-corrected chi connectivity index (χ0v) is 21.2. The number of carbonyl (C=O) groups excluding carboxylic acids is 1. The molecule has 1 amide bonds. The third-order valence-corrected chi connectivity index (χ3v) is 6.76. The molecule has 8 heteroatoms. The molecule has 174 valence electrons. The molecule has 0 aliphatic heterocycles. The molecule has 0 N–H and O–H groups in total. The number of benzene rings is 2. The van der Waals surface area contributed by atoms with Crippen LogP contribution in [0.15, 0.2) is 30.3 Å². The highest BCUT2D eigenvalue weighted by Gasteiger charge is 2.23. The molecule has 32 heavy (non-hydrogen) atoms. The predicted octanol–water partition coefficient (Wildman–Crippen LogP) is 5.34. The summed E-state index contributed by atoms with van der Waals surface area (Å²) in [4.78, 5) is 22.6. The second-order valence-corrected chi connectivity index (χ2v) is 8.41. The molecule has 6 nitrogen and oxygen atoms in total. The molecule has 0 atom stereocenters. The van der Waals surface area contributed by atoms with Crippen LogP contribution in [0.5, 0.6) is 11.5 Å². The average Bonchev–Trinajstić information content (AvgIpc) is 3.23. The van der Waals surface area contributed by atoms with E-state index in [1.807, 2.05) is 0 Å².